The van der Waals surface area contributed by atoms with E-state index in [0.29, 0.717) is 5.52 Å². The van der Waals surface area contributed by atoms with E-state index in [0.717, 1.165) is 42.8 Å². The lowest BCUT2D eigenvalue weighted by molar-refractivity contribution is -0.114. The highest BCUT2D eigenvalue weighted by atomic mass is 16.1. The lowest BCUT2D eigenvalue weighted by Gasteiger charge is -2.21. The van der Waals surface area contributed by atoms with Crippen molar-refractivity contribution in [2.45, 2.75) is 19.8 Å². The number of fused-ring (bicyclic) bond motifs is 1. The molecule has 1 aliphatic heterocycles. The third kappa shape index (κ3) is 2.21. The van der Waals surface area contributed by atoms with Crippen LogP contribution in [0.25, 0.3) is 11.0 Å². The first-order chi connectivity index (χ1) is 9.13. The highest BCUT2D eigenvalue weighted by Gasteiger charge is 2.18. The largest absolute Gasteiger partial charge is 0.370 e. The molecule has 100 valence electrons. The van der Waals surface area contributed by atoms with Gasteiger partial charge in [-0.25, -0.2) is 4.79 Å². The van der Waals surface area contributed by atoms with Gasteiger partial charge in [0.05, 0.1) is 22.4 Å². The molecule has 0 radical (unpaired) electrons. The highest BCUT2D eigenvalue weighted by Crippen LogP contribution is 2.32. The average Bonchev–Trinajstić information content (AvgIpc) is 2.94. The maximum atomic E-state index is 11.3. The third-order valence-corrected chi connectivity index (χ3v) is 3.39. The lowest BCUT2D eigenvalue weighted by Crippen LogP contribution is -2.20. The van der Waals surface area contributed by atoms with E-state index in [9.17, 15) is 9.59 Å². The van der Waals surface area contributed by atoms with Crippen molar-refractivity contribution in [3.8, 4) is 0 Å². The van der Waals surface area contributed by atoms with Crippen molar-refractivity contribution in [2.24, 2.45) is 0 Å². The van der Waals surface area contributed by atoms with E-state index in [2.05, 4.69) is 20.2 Å². The Kier molecular flexibility index (Phi) is 2.77. The zero-order valence-electron chi connectivity index (χ0n) is 10.7. The van der Waals surface area contributed by atoms with Crippen LogP contribution < -0.4 is 15.9 Å². The van der Waals surface area contributed by atoms with E-state index < -0.39 is 0 Å². The molecule has 1 aliphatic rings. The second kappa shape index (κ2) is 4.46. The Balaban J connectivity index is 2.14. The molecule has 0 atom stereocenters. The van der Waals surface area contributed by atoms with E-state index in [1.807, 2.05) is 12.1 Å². The summed E-state index contributed by atoms with van der Waals surface area (Å²) >= 11 is 0. The van der Waals surface area contributed by atoms with Crippen LogP contribution in [0, 0.1) is 0 Å². The van der Waals surface area contributed by atoms with Crippen LogP contribution in [-0.2, 0) is 4.79 Å². The number of anilines is 2. The molecule has 19 heavy (non-hydrogen) atoms. The van der Waals surface area contributed by atoms with Gasteiger partial charge in [-0.1, -0.05) is 0 Å². The van der Waals surface area contributed by atoms with Gasteiger partial charge in [-0.05, 0) is 25.0 Å². The molecule has 2 aromatic rings. The molecule has 0 spiro atoms. The van der Waals surface area contributed by atoms with Gasteiger partial charge in [0.1, 0.15) is 0 Å². The number of carbonyl (C=O) groups is 1. The fraction of sp³-hybridized carbons (Fsp3) is 0.385. The average molecular weight is 260 g/mol. The Morgan fingerprint density at radius 2 is 1.84 bits per heavy atom. The Hall–Kier alpha value is -2.24. The van der Waals surface area contributed by atoms with Crippen molar-refractivity contribution >= 4 is 28.3 Å². The summed E-state index contributed by atoms with van der Waals surface area (Å²) in [5.41, 5.74) is 2.95. The zero-order valence-corrected chi connectivity index (χ0v) is 10.7. The van der Waals surface area contributed by atoms with E-state index in [4.69, 9.17) is 0 Å². The third-order valence-electron chi connectivity index (χ3n) is 3.39. The van der Waals surface area contributed by atoms with E-state index in [-0.39, 0.29) is 11.6 Å². The minimum atomic E-state index is -0.234. The van der Waals surface area contributed by atoms with Gasteiger partial charge < -0.3 is 20.2 Å². The number of hydrogen-bond donors (Lipinski definition) is 3. The molecule has 1 fully saturated rings. The maximum Gasteiger partial charge on any atom is 0.323 e. The zero-order chi connectivity index (χ0) is 13.4. The number of imidazole rings is 1. The molecule has 3 rings (SSSR count). The molecule has 1 aromatic heterocycles. The molecule has 0 unspecified atom stereocenters. The number of aromatic nitrogens is 2. The summed E-state index contributed by atoms with van der Waals surface area (Å²) < 4.78 is 0. The van der Waals surface area contributed by atoms with Crippen LogP contribution in [0.2, 0.25) is 0 Å². The Morgan fingerprint density at radius 1 is 1.21 bits per heavy atom. The number of benzene rings is 1. The van der Waals surface area contributed by atoms with Gasteiger partial charge in [-0.2, -0.15) is 0 Å². The maximum absolute atomic E-state index is 11.3. The van der Waals surface area contributed by atoms with Crippen molar-refractivity contribution < 1.29 is 4.79 Å². The molecule has 0 aliphatic carbocycles. The molecule has 6 nitrogen and oxygen atoms in total. The Morgan fingerprint density at radius 3 is 2.47 bits per heavy atom. The van der Waals surface area contributed by atoms with Gasteiger partial charge in [-0.3, -0.25) is 4.79 Å². The van der Waals surface area contributed by atoms with Crippen molar-refractivity contribution in [1.82, 2.24) is 9.97 Å². The quantitative estimate of drug-likeness (QED) is 0.763. The lowest BCUT2D eigenvalue weighted by atomic mass is 10.2. The minimum Gasteiger partial charge on any atom is -0.370 e. The number of nitrogens with zero attached hydrogens (tertiary/aromatic N) is 1. The van der Waals surface area contributed by atoms with Crippen molar-refractivity contribution in [1.29, 1.82) is 0 Å². The van der Waals surface area contributed by atoms with Crippen LogP contribution >= 0.6 is 0 Å². The molecule has 1 saturated heterocycles. The Bertz CT molecular complexity index is 679. The predicted octanol–water partition coefficient (Wildman–Crippen LogP) is 1.41. The van der Waals surface area contributed by atoms with E-state index in [1.54, 1.807) is 0 Å². The van der Waals surface area contributed by atoms with Gasteiger partial charge in [0.2, 0.25) is 5.91 Å². The molecule has 1 amide bonds. The first-order valence-corrected chi connectivity index (χ1v) is 6.42. The number of rotatable bonds is 2. The predicted molar refractivity (Wildman–Crippen MR) is 74.7 cm³/mol. The summed E-state index contributed by atoms with van der Waals surface area (Å²) in [5.74, 6) is -0.113. The topological polar surface area (TPSA) is 81.0 Å². The SMILES string of the molecule is CC(=O)Nc1cc2[nH]c(=O)[nH]c2cc1N1CCCC1. The number of carbonyl (C=O) groups excluding carboxylic acids is 1. The minimum absolute atomic E-state index is 0.113. The summed E-state index contributed by atoms with van der Waals surface area (Å²) in [7, 11) is 0. The summed E-state index contributed by atoms with van der Waals surface area (Å²) in [6.45, 7) is 3.44. The highest BCUT2D eigenvalue weighted by molar-refractivity contribution is 5.97. The van der Waals surface area contributed by atoms with Crippen molar-refractivity contribution in [3.63, 3.8) is 0 Å². The molecular weight excluding hydrogens is 244 g/mol. The van der Waals surface area contributed by atoms with Crippen molar-refractivity contribution in [3.05, 3.63) is 22.6 Å². The van der Waals surface area contributed by atoms with Crippen LogP contribution in [0.3, 0.4) is 0 Å². The molecular formula is C13H16N4O2. The number of hydrogen-bond acceptors (Lipinski definition) is 3. The van der Waals surface area contributed by atoms with E-state index >= 15 is 0 Å². The van der Waals surface area contributed by atoms with Crippen LogP contribution in [0.15, 0.2) is 16.9 Å². The second-order valence-corrected chi connectivity index (χ2v) is 4.87. The van der Waals surface area contributed by atoms with Gasteiger partial charge in [0.15, 0.2) is 0 Å². The van der Waals surface area contributed by atoms with E-state index in [1.165, 1.54) is 6.92 Å². The molecule has 6 heteroatoms. The standard InChI is InChI=1S/C13H16N4O2/c1-8(18)14-11-6-9-10(16-13(19)15-9)7-12(11)17-4-2-3-5-17/h6-7H,2-5H2,1H3,(H,14,18)(H2,15,16,19). The number of aromatic amines is 2. The normalized spacial score (nSPS) is 15.1. The van der Waals surface area contributed by atoms with Crippen LogP contribution in [0.4, 0.5) is 11.4 Å². The molecule has 2 heterocycles. The van der Waals surface area contributed by atoms with Gasteiger partial charge in [-0.15, -0.1) is 0 Å². The molecule has 0 bridgehead atoms. The van der Waals surface area contributed by atoms with Crippen LogP contribution in [-0.4, -0.2) is 29.0 Å². The second-order valence-electron chi connectivity index (χ2n) is 4.87. The molecule has 0 saturated carbocycles. The molecule has 3 N–H and O–H groups in total. The first kappa shape index (κ1) is 11.8. The smallest absolute Gasteiger partial charge is 0.323 e. The van der Waals surface area contributed by atoms with Crippen LogP contribution in [0.5, 0.6) is 0 Å². The number of H-pyrrole nitrogens is 2. The summed E-state index contributed by atoms with van der Waals surface area (Å²) in [6.07, 6.45) is 2.31. The fourth-order valence-electron chi connectivity index (χ4n) is 2.58. The monoisotopic (exact) mass is 260 g/mol. The summed E-state index contributed by atoms with van der Waals surface area (Å²) in [5, 5.41) is 2.84. The first-order valence-electron chi connectivity index (χ1n) is 6.42. The number of amides is 1. The van der Waals surface area contributed by atoms with Gasteiger partial charge >= 0.3 is 5.69 Å². The fourth-order valence-corrected chi connectivity index (χ4v) is 2.58. The summed E-state index contributed by atoms with van der Waals surface area (Å²) in [6, 6.07) is 3.73. The molecule has 1 aromatic carbocycles. The van der Waals surface area contributed by atoms with Crippen molar-refractivity contribution in [2.75, 3.05) is 23.3 Å². The van der Waals surface area contributed by atoms with Crippen LogP contribution in [0.1, 0.15) is 19.8 Å². The summed E-state index contributed by atoms with van der Waals surface area (Å²) in [4.78, 5) is 30.3. The number of nitrogens with one attached hydrogen (secondary N) is 3. The van der Waals surface area contributed by atoms with Gasteiger partial charge in [0, 0.05) is 20.0 Å². The van der Waals surface area contributed by atoms with Gasteiger partial charge in [0.25, 0.3) is 0 Å². The Labute approximate surface area is 109 Å².